The molecule has 0 N–H and O–H groups in total. The second-order valence-electron chi connectivity index (χ2n) is 8.91. The molecule has 32 heavy (non-hydrogen) atoms. The molecule has 0 saturated carbocycles. The number of anilines is 2. The Morgan fingerprint density at radius 3 is 2.53 bits per heavy atom. The van der Waals surface area contributed by atoms with E-state index >= 15 is 0 Å². The molecule has 3 aliphatic rings. The number of halogens is 1. The van der Waals surface area contributed by atoms with Crippen LogP contribution in [-0.2, 0) is 11.2 Å². The Hall–Kier alpha value is -3.12. The molecule has 4 heterocycles. The summed E-state index contributed by atoms with van der Waals surface area (Å²) in [6.07, 6.45) is 2.64. The van der Waals surface area contributed by atoms with Crippen LogP contribution in [0.2, 0.25) is 5.02 Å². The number of nitrogens with zero attached hydrogens (tertiary/aromatic N) is 5. The van der Waals surface area contributed by atoms with Gasteiger partial charge in [0.05, 0.1) is 28.8 Å². The van der Waals surface area contributed by atoms with E-state index in [2.05, 4.69) is 21.7 Å². The van der Waals surface area contributed by atoms with E-state index in [1.54, 1.807) is 17.1 Å². The third kappa shape index (κ3) is 2.56. The van der Waals surface area contributed by atoms with Crippen molar-refractivity contribution in [2.24, 2.45) is 10.5 Å². The summed E-state index contributed by atoms with van der Waals surface area (Å²) in [5, 5.41) is 11.9. The topological polar surface area (TPSA) is 53.7 Å². The summed E-state index contributed by atoms with van der Waals surface area (Å²) >= 11 is 6.07. The minimum Gasteiger partial charge on any atom is -0.352 e. The van der Waals surface area contributed by atoms with Crippen LogP contribution in [0.5, 0.6) is 0 Å². The Morgan fingerprint density at radius 2 is 1.78 bits per heavy atom. The number of para-hydroxylation sites is 1. The summed E-state index contributed by atoms with van der Waals surface area (Å²) in [6.45, 7) is 4.97. The fourth-order valence-electron chi connectivity index (χ4n) is 5.70. The zero-order chi connectivity index (χ0) is 22.0. The van der Waals surface area contributed by atoms with Crippen LogP contribution in [0.25, 0.3) is 5.69 Å². The molecule has 162 valence electrons. The maximum atomic E-state index is 14.0. The lowest BCUT2D eigenvalue weighted by Crippen LogP contribution is -2.57. The van der Waals surface area contributed by atoms with Gasteiger partial charge in [0, 0.05) is 17.1 Å². The molecule has 0 radical (unpaired) electrons. The van der Waals surface area contributed by atoms with Gasteiger partial charge in [0.25, 0.3) is 5.91 Å². The van der Waals surface area contributed by atoms with E-state index < -0.39 is 5.41 Å². The number of hydrazone groups is 1. The minimum absolute atomic E-state index is 0.0479. The van der Waals surface area contributed by atoms with E-state index in [-0.39, 0.29) is 11.9 Å². The van der Waals surface area contributed by atoms with Crippen LogP contribution in [0.4, 0.5) is 11.5 Å². The van der Waals surface area contributed by atoms with Gasteiger partial charge in [0.2, 0.25) is 0 Å². The Morgan fingerprint density at radius 1 is 1.03 bits per heavy atom. The molecule has 0 aliphatic carbocycles. The Labute approximate surface area is 192 Å². The first kappa shape index (κ1) is 19.6. The molecule has 6 rings (SSSR count). The third-order valence-corrected chi connectivity index (χ3v) is 7.50. The lowest BCUT2D eigenvalue weighted by Gasteiger charge is -2.44. The minimum atomic E-state index is -0.668. The van der Waals surface area contributed by atoms with Gasteiger partial charge in [-0.3, -0.25) is 4.79 Å². The van der Waals surface area contributed by atoms with Crippen molar-refractivity contribution in [3.05, 3.63) is 70.9 Å². The standard InChI is InChI=1S/C25H24ClN5O/c1-16-21-15-25(17(2)28-31(24(25)32)20-12-10-18(26)11-13-20)22-9-6-14-29(22)23(21)30(27-16)19-7-4-3-5-8-19/h3-5,7-8,10-13,22H,6,9,14-15H2,1-2H3/t22-,25-/m0/s1. The lowest BCUT2D eigenvalue weighted by molar-refractivity contribution is -0.124. The van der Waals surface area contributed by atoms with Crippen molar-refractivity contribution in [2.75, 3.05) is 16.5 Å². The predicted molar refractivity (Wildman–Crippen MR) is 127 cm³/mol. The quantitative estimate of drug-likeness (QED) is 0.571. The Bertz CT molecular complexity index is 1250. The highest BCUT2D eigenvalue weighted by Crippen LogP contribution is 2.51. The van der Waals surface area contributed by atoms with Crippen molar-refractivity contribution in [3.63, 3.8) is 0 Å². The second kappa shape index (κ2) is 6.94. The fourth-order valence-corrected chi connectivity index (χ4v) is 5.83. The van der Waals surface area contributed by atoms with Gasteiger partial charge in [0.1, 0.15) is 11.2 Å². The summed E-state index contributed by atoms with van der Waals surface area (Å²) < 4.78 is 2.05. The Kier molecular flexibility index (Phi) is 4.24. The summed E-state index contributed by atoms with van der Waals surface area (Å²) in [5.74, 6) is 1.18. The number of carbonyl (C=O) groups excluding carboxylic acids is 1. The first-order chi connectivity index (χ1) is 15.5. The number of fused-ring (bicyclic) bond motifs is 4. The molecule has 1 saturated heterocycles. The van der Waals surface area contributed by atoms with Crippen molar-refractivity contribution in [2.45, 2.75) is 39.2 Å². The summed E-state index contributed by atoms with van der Waals surface area (Å²) in [5.41, 5.74) is 4.13. The van der Waals surface area contributed by atoms with Gasteiger partial charge >= 0.3 is 0 Å². The molecule has 6 nitrogen and oxygen atoms in total. The molecular weight excluding hydrogens is 422 g/mol. The van der Waals surface area contributed by atoms with Crippen LogP contribution in [0.1, 0.15) is 31.0 Å². The van der Waals surface area contributed by atoms with Crippen LogP contribution in [0, 0.1) is 12.3 Å². The monoisotopic (exact) mass is 445 g/mol. The van der Waals surface area contributed by atoms with E-state index in [0.717, 1.165) is 53.5 Å². The first-order valence-corrected chi connectivity index (χ1v) is 11.4. The van der Waals surface area contributed by atoms with E-state index in [1.165, 1.54) is 0 Å². The average molecular weight is 446 g/mol. The van der Waals surface area contributed by atoms with Gasteiger partial charge < -0.3 is 4.90 Å². The van der Waals surface area contributed by atoms with Gasteiger partial charge in [-0.1, -0.05) is 29.8 Å². The van der Waals surface area contributed by atoms with Crippen LogP contribution in [0.3, 0.4) is 0 Å². The van der Waals surface area contributed by atoms with Crippen LogP contribution in [0.15, 0.2) is 59.7 Å². The zero-order valence-corrected chi connectivity index (χ0v) is 18.9. The van der Waals surface area contributed by atoms with Crippen molar-refractivity contribution in [1.82, 2.24) is 9.78 Å². The molecule has 1 aromatic heterocycles. The maximum Gasteiger partial charge on any atom is 0.261 e. The Balaban J connectivity index is 1.48. The normalized spacial score (nSPS) is 24.2. The highest BCUT2D eigenvalue weighted by atomic mass is 35.5. The molecule has 1 spiro atoms. The maximum absolute atomic E-state index is 14.0. The van der Waals surface area contributed by atoms with E-state index in [0.29, 0.717) is 11.4 Å². The summed E-state index contributed by atoms with van der Waals surface area (Å²) in [7, 11) is 0. The number of amides is 1. The molecule has 1 amide bonds. The molecule has 3 aliphatic heterocycles. The van der Waals surface area contributed by atoms with Crippen molar-refractivity contribution in [3.8, 4) is 5.69 Å². The molecule has 3 aromatic rings. The van der Waals surface area contributed by atoms with Gasteiger partial charge in [-0.05, 0) is 69.5 Å². The van der Waals surface area contributed by atoms with Crippen LogP contribution < -0.4 is 9.91 Å². The number of rotatable bonds is 2. The van der Waals surface area contributed by atoms with Gasteiger partial charge in [-0.25, -0.2) is 4.68 Å². The van der Waals surface area contributed by atoms with Crippen molar-refractivity contribution in [1.29, 1.82) is 0 Å². The van der Waals surface area contributed by atoms with Crippen LogP contribution in [-0.4, -0.2) is 34.0 Å². The number of aromatic nitrogens is 2. The number of hydrogen-bond donors (Lipinski definition) is 0. The fraction of sp³-hybridized carbons (Fsp3) is 0.320. The smallest absolute Gasteiger partial charge is 0.261 e. The molecule has 2 atom stereocenters. The highest BCUT2D eigenvalue weighted by molar-refractivity contribution is 6.30. The number of benzene rings is 2. The van der Waals surface area contributed by atoms with Crippen molar-refractivity contribution < 1.29 is 4.79 Å². The highest BCUT2D eigenvalue weighted by Gasteiger charge is 2.60. The molecule has 7 heteroatoms. The first-order valence-electron chi connectivity index (χ1n) is 11.1. The van der Waals surface area contributed by atoms with Gasteiger partial charge in [-0.2, -0.15) is 15.2 Å². The van der Waals surface area contributed by atoms with E-state index in [4.69, 9.17) is 21.8 Å². The van der Waals surface area contributed by atoms with Gasteiger partial charge in [0.15, 0.2) is 0 Å². The molecule has 2 aromatic carbocycles. The molecular formula is C25H24ClN5O. The number of aryl methyl sites for hydroxylation is 1. The van der Waals surface area contributed by atoms with Gasteiger partial charge in [-0.15, -0.1) is 0 Å². The zero-order valence-electron chi connectivity index (χ0n) is 18.1. The number of carbonyl (C=O) groups is 1. The second-order valence-corrected chi connectivity index (χ2v) is 9.35. The summed E-state index contributed by atoms with van der Waals surface area (Å²) in [6, 6.07) is 17.6. The van der Waals surface area contributed by atoms with E-state index in [9.17, 15) is 4.79 Å². The summed E-state index contributed by atoms with van der Waals surface area (Å²) in [4.78, 5) is 16.5. The lowest BCUT2D eigenvalue weighted by atomic mass is 9.68. The SMILES string of the molecule is CC1=NN(c2ccc(Cl)cc2)C(=O)[C@@]12Cc1c(C)nn(-c3ccccc3)c1N1CCC[C@H]12. The van der Waals surface area contributed by atoms with Crippen molar-refractivity contribution >= 4 is 34.7 Å². The third-order valence-electron chi connectivity index (χ3n) is 7.25. The van der Waals surface area contributed by atoms with E-state index in [1.807, 2.05) is 44.2 Å². The molecule has 0 unspecified atom stereocenters. The predicted octanol–water partition coefficient (Wildman–Crippen LogP) is 4.77. The molecule has 0 bridgehead atoms. The van der Waals surface area contributed by atoms with Crippen LogP contribution >= 0.6 is 11.6 Å². The average Bonchev–Trinajstić information content (AvgIpc) is 3.48. The molecule has 1 fully saturated rings. The number of hydrogen-bond acceptors (Lipinski definition) is 4. The largest absolute Gasteiger partial charge is 0.352 e.